The van der Waals surface area contributed by atoms with Crippen LogP contribution in [0.15, 0.2) is 46.1 Å². The maximum absolute atomic E-state index is 12.6. The fourth-order valence-corrected chi connectivity index (χ4v) is 4.75. The molecule has 5 nitrogen and oxygen atoms in total. The van der Waals surface area contributed by atoms with Gasteiger partial charge in [-0.25, -0.2) is 8.42 Å². The van der Waals surface area contributed by atoms with Crippen LogP contribution in [0.2, 0.25) is 0 Å². The summed E-state index contributed by atoms with van der Waals surface area (Å²) < 4.78 is 30.3. The Balaban J connectivity index is 1.97. The molecule has 0 spiro atoms. The first-order chi connectivity index (χ1) is 11.8. The third kappa shape index (κ3) is 3.48. The number of hydrogen-bond acceptors (Lipinski definition) is 4. The van der Waals surface area contributed by atoms with Crippen molar-refractivity contribution < 1.29 is 8.42 Å². The number of benzene rings is 2. The van der Waals surface area contributed by atoms with E-state index in [9.17, 15) is 13.2 Å². The molecule has 0 bridgehead atoms. The summed E-state index contributed by atoms with van der Waals surface area (Å²) in [5.74, 6) is 0. The van der Waals surface area contributed by atoms with E-state index in [0.29, 0.717) is 12.2 Å². The number of nitrogens with zero attached hydrogens (tertiary/aromatic N) is 1. The van der Waals surface area contributed by atoms with Crippen LogP contribution < -0.4 is 9.60 Å². The molecular weight excluding hydrogens is 356 g/mol. The van der Waals surface area contributed by atoms with Crippen molar-refractivity contribution in [1.82, 2.24) is 4.57 Å². The Morgan fingerprint density at radius 1 is 1.08 bits per heavy atom. The van der Waals surface area contributed by atoms with Gasteiger partial charge in [0.1, 0.15) is 0 Å². The van der Waals surface area contributed by atoms with Gasteiger partial charge in [-0.3, -0.25) is 14.1 Å². The van der Waals surface area contributed by atoms with Crippen LogP contribution in [0.1, 0.15) is 24.5 Å². The highest BCUT2D eigenvalue weighted by Crippen LogP contribution is 2.24. The zero-order chi connectivity index (χ0) is 18.2. The summed E-state index contributed by atoms with van der Waals surface area (Å²) in [6.45, 7) is 6.50. The Bertz CT molecular complexity index is 1100. The summed E-state index contributed by atoms with van der Waals surface area (Å²) in [6, 6.07) is 10.3. The minimum absolute atomic E-state index is 0.0222. The molecule has 1 N–H and O–H groups in total. The molecule has 1 heterocycles. The predicted molar refractivity (Wildman–Crippen MR) is 103 cm³/mol. The molecule has 0 aliphatic carbocycles. The lowest BCUT2D eigenvalue weighted by atomic mass is 10.1. The third-order valence-corrected chi connectivity index (χ3v) is 6.48. The van der Waals surface area contributed by atoms with Gasteiger partial charge in [0.2, 0.25) is 0 Å². The number of aryl methyl sites for hydroxylation is 3. The number of anilines is 1. The average molecular weight is 377 g/mol. The van der Waals surface area contributed by atoms with Crippen LogP contribution in [-0.2, 0) is 16.6 Å². The molecular formula is C18H20N2O3S2. The molecule has 0 saturated heterocycles. The topological polar surface area (TPSA) is 68.2 Å². The van der Waals surface area contributed by atoms with Crippen molar-refractivity contribution in [2.75, 3.05) is 4.72 Å². The van der Waals surface area contributed by atoms with Crippen LogP contribution in [0.5, 0.6) is 0 Å². The van der Waals surface area contributed by atoms with Gasteiger partial charge in [-0.2, -0.15) is 0 Å². The van der Waals surface area contributed by atoms with E-state index in [4.69, 9.17) is 0 Å². The van der Waals surface area contributed by atoms with Crippen LogP contribution in [-0.4, -0.2) is 13.0 Å². The highest BCUT2D eigenvalue weighted by Gasteiger charge is 2.16. The van der Waals surface area contributed by atoms with Crippen LogP contribution in [0.3, 0.4) is 0 Å². The zero-order valence-electron chi connectivity index (χ0n) is 14.4. The lowest BCUT2D eigenvalue weighted by molar-refractivity contribution is 0.601. The van der Waals surface area contributed by atoms with Gasteiger partial charge in [-0.05, 0) is 61.7 Å². The van der Waals surface area contributed by atoms with E-state index >= 15 is 0 Å². The van der Waals surface area contributed by atoms with Crippen molar-refractivity contribution in [3.05, 3.63) is 57.2 Å². The SMILES string of the molecule is CCCn1c(=O)sc2cc(NS(=O)(=O)c3ccc(C)c(C)c3)ccc21. The molecule has 0 aliphatic rings. The van der Waals surface area contributed by atoms with Gasteiger partial charge in [0.05, 0.1) is 20.8 Å². The Kier molecular flexibility index (Phi) is 4.71. The van der Waals surface area contributed by atoms with Crippen molar-refractivity contribution in [3.63, 3.8) is 0 Å². The summed E-state index contributed by atoms with van der Waals surface area (Å²) >= 11 is 1.13. The summed E-state index contributed by atoms with van der Waals surface area (Å²) in [7, 11) is -3.67. The summed E-state index contributed by atoms with van der Waals surface area (Å²) in [5.41, 5.74) is 3.26. The Labute approximate surface area is 151 Å². The highest BCUT2D eigenvalue weighted by molar-refractivity contribution is 7.92. The third-order valence-electron chi connectivity index (χ3n) is 4.16. The second-order valence-corrected chi connectivity index (χ2v) is 8.73. The molecule has 7 heteroatoms. The molecule has 0 amide bonds. The molecule has 0 atom stereocenters. The number of nitrogens with one attached hydrogen (secondary N) is 1. The van der Waals surface area contributed by atoms with E-state index in [2.05, 4.69) is 4.72 Å². The van der Waals surface area contributed by atoms with Crippen molar-refractivity contribution in [3.8, 4) is 0 Å². The van der Waals surface area contributed by atoms with E-state index in [-0.39, 0.29) is 9.77 Å². The molecule has 0 unspecified atom stereocenters. The second kappa shape index (κ2) is 6.65. The molecule has 0 saturated carbocycles. The molecule has 0 aliphatic heterocycles. The van der Waals surface area contributed by atoms with E-state index in [1.54, 1.807) is 41.0 Å². The van der Waals surface area contributed by atoms with Crippen LogP contribution in [0.25, 0.3) is 10.2 Å². The molecule has 132 valence electrons. The number of fused-ring (bicyclic) bond motifs is 1. The molecule has 3 aromatic rings. The summed E-state index contributed by atoms with van der Waals surface area (Å²) in [5, 5.41) is 0. The molecule has 0 fully saturated rings. The van der Waals surface area contributed by atoms with Crippen LogP contribution >= 0.6 is 11.3 Å². The fraction of sp³-hybridized carbons (Fsp3) is 0.278. The maximum atomic E-state index is 12.6. The van der Waals surface area contributed by atoms with Gasteiger partial charge in [0, 0.05) is 6.54 Å². The summed E-state index contributed by atoms with van der Waals surface area (Å²) in [4.78, 5) is 12.3. The van der Waals surface area contributed by atoms with Crippen LogP contribution in [0.4, 0.5) is 5.69 Å². The maximum Gasteiger partial charge on any atom is 0.308 e. The Hall–Kier alpha value is -2.12. The quantitative estimate of drug-likeness (QED) is 0.734. The molecule has 0 radical (unpaired) electrons. The van der Waals surface area contributed by atoms with Gasteiger partial charge in [-0.15, -0.1) is 0 Å². The Morgan fingerprint density at radius 2 is 1.84 bits per heavy atom. The van der Waals surface area contributed by atoms with E-state index in [1.807, 2.05) is 20.8 Å². The number of hydrogen-bond donors (Lipinski definition) is 1. The smallest absolute Gasteiger partial charge is 0.299 e. The molecule has 3 rings (SSSR count). The Morgan fingerprint density at radius 3 is 2.52 bits per heavy atom. The lowest BCUT2D eigenvalue weighted by Gasteiger charge is -2.10. The minimum atomic E-state index is -3.67. The first-order valence-corrected chi connectivity index (χ1v) is 10.4. The highest BCUT2D eigenvalue weighted by atomic mass is 32.2. The number of thiazole rings is 1. The van der Waals surface area contributed by atoms with Crippen molar-refractivity contribution in [2.45, 2.75) is 38.6 Å². The van der Waals surface area contributed by atoms with Crippen molar-refractivity contribution >= 4 is 37.3 Å². The first-order valence-electron chi connectivity index (χ1n) is 8.05. The monoisotopic (exact) mass is 376 g/mol. The first kappa shape index (κ1) is 17.7. The predicted octanol–water partition coefficient (Wildman–Crippen LogP) is 3.89. The van der Waals surface area contributed by atoms with Gasteiger partial charge in [-0.1, -0.05) is 24.3 Å². The molecule has 1 aromatic heterocycles. The van der Waals surface area contributed by atoms with Gasteiger partial charge < -0.3 is 0 Å². The van der Waals surface area contributed by atoms with Crippen LogP contribution in [0, 0.1) is 13.8 Å². The summed E-state index contributed by atoms with van der Waals surface area (Å²) in [6.07, 6.45) is 0.868. The van der Waals surface area contributed by atoms with E-state index < -0.39 is 10.0 Å². The van der Waals surface area contributed by atoms with E-state index in [0.717, 1.165) is 39.1 Å². The van der Waals surface area contributed by atoms with Gasteiger partial charge in [0.15, 0.2) is 0 Å². The fourth-order valence-electron chi connectivity index (χ4n) is 2.66. The molecule has 2 aromatic carbocycles. The molecule has 25 heavy (non-hydrogen) atoms. The second-order valence-electron chi connectivity index (χ2n) is 6.05. The van der Waals surface area contributed by atoms with Crippen molar-refractivity contribution in [2.24, 2.45) is 0 Å². The van der Waals surface area contributed by atoms with Gasteiger partial charge in [0.25, 0.3) is 10.0 Å². The standard InChI is InChI=1S/C18H20N2O3S2/c1-4-9-20-16-8-6-14(11-17(16)24-18(20)21)19-25(22,23)15-7-5-12(2)13(3)10-15/h5-8,10-11,19H,4,9H2,1-3H3. The zero-order valence-corrected chi connectivity index (χ0v) is 16.0. The largest absolute Gasteiger partial charge is 0.308 e. The van der Waals surface area contributed by atoms with Crippen molar-refractivity contribution in [1.29, 1.82) is 0 Å². The normalized spacial score (nSPS) is 11.8. The number of rotatable bonds is 5. The van der Waals surface area contributed by atoms with Gasteiger partial charge >= 0.3 is 4.87 Å². The van der Waals surface area contributed by atoms with E-state index in [1.165, 1.54) is 0 Å². The number of aromatic nitrogens is 1. The lowest BCUT2D eigenvalue weighted by Crippen LogP contribution is -2.13. The number of sulfonamides is 1. The minimum Gasteiger partial charge on any atom is -0.299 e. The average Bonchev–Trinajstić information content (AvgIpc) is 2.85.